The topological polar surface area (TPSA) is 49.8 Å². The number of esters is 1. The summed E-state index contributed by atoms with van der Waals surface area (Å²) in [6.45, 7) is 4.84. The van der Waals surface area contributed by atoms with E-state index in [9.17, 15) is 9.90 Å². The Labute approximate surface area is 104 Å². The fourth-order valence-corrected chi connectivity index (χ4v) is 2.27. The van der Waals surface area contributed by atoms with E-state index in [-0.39, 0.29) is 12.4 Å². The first-order chi connectivity index (χ1) is 8.22. The molecule has 1 rings (SSSR count). The zero-order valence-corrected chi connectivity index (χ0v) is 10.9. The molecule has 100 valence electrons. The maximum atomic E-state index is 11.2. The van der Waals surface area contributed by atoms with Crippen LogP contribution in [0.3, 0.4) is 0 Å². The number of ether oxygens (including phenoxy) is 1. The normalized spacial score (nSPS) is 20.4. The number of aliphatic hydroxyl groups is 1. The van der Waals surface area contributed by atoms with Crippen molar-refractivity contribution < 1.29 is 14.6 Å². The van der Waals surface area contributed by atoms with Crippen molar-refractivity contribution in [2.24, 2.45) is 0 Å². The summed E-state index contributed by atoms with van der Waals surface area (Å²) in [5, 5.41) is 9.82. The fourth-order valence-electron chi connectivity index (χ4n) is 2.27. The van der Waals surface area contributed by atoms with Crippen molar-refractivity contribution >= 4 is 5.97 Å². The van der Waals surface area contributed by atoms with E-state index >= 15 is 0 Å². The molecule has 1 heterocycles. The summed E-state index contributed by atoms with van der Waals surface area (Å²) >= 11 is 0. The average Bonchev–Trinajstić information content (AvgIpc) is 2.22. The van der Waals surface area contributed by atoms with E-state index in [0.29, 0.717) is 13.2 Å². The molecule has 0 amide bonds. The Hall–Kier alpha value is -0.610. The minimum Gasteiger partial charge on any atom is -0.466 e. The summed E-state index contributed by atoms with van der Waals surface area (Å²) in [5.41, 5.74) is 0. The van der Waals surface area contributed by atoms with Crippen LogP contribution in [0.25, 0.3) is 0 Å². The predicted molar refractivity (Wildman–Crippen MR) is 66.8 cm³/mol. The predicted octanol–water partition coefficient (Wildman–Crippen LogP) is 1.57. The van der Waals surface area contributed by atoms with Crippen LogP contribution in [-0.2, 0) is 9.53 Å². The Kier molecular flexibility index (Phi) is 7.21. The minimum absolute atomic E-state index is 0.115. The van der Waals surface area contributed by atoms with Gasteiger partial charge in [-0.15, -0.1) is 0 Å². The maximum absolute atomic E-state index is 11.2. The molecule has 4 nitrogen and oxygen atoms in total. The van der Waals surface area contributed by atoms with Crippen molar-refractivity contribution in [2.45, 2.75) is 51.6 Å². The van der Waals surface area contributed by atoms with Gasteiger partial charge in [-0.2, -0.15) is 0 Å². The number of rotatable bonds is 5. The molecular formula is C13H25NO3. The SMILES string of the molecule is CCOC(=O)CC(O)CN1CCCCCCC1. The number of carbonyl (C=O) groups excluding carboxylic acids is 1. The van der Waals surface area contributed by atoms with Gasteiger partial charge in [-0.05, 0) is 32.9 Å². The first-order valence-electron chi connectivity index (χ1n) is 6.78. The number of hydrogen-bond donors (Lipinski definition) is 1. The molecule has 0 aromatic carbocycles. The van der Waals surface area contributed by atoms with Crippen LogP contribution >= 0.6 is 0 Å². The van der Waals surface area contributed by atoms with E-state index in [4.69, 9.17) is 4.74 Å². The molecule has 1 atom stereocenters. The number of carbonyl (C=O) groups is 1. The van der Waals surface area contributed by atoms with E-state index in [1.54, 1.807) is 6.92 Å². The molecule has 0 radical (unpaired) electrons. The molecule has 1 aliphatic rings. The van der Waals surface area contributed by atoms with Crippen molar-refractivity contribution in [1.29, 1.82) is 0 Å². The third-order valence-electron chi connectivity index (χ3n) is 3.13. The molecule has 0 spiro atoms. The van der Waals surface area contributed by atoms with Crippen LogP contribution < -0.4 is 0 Å². The van der Waals surface area contributed by atoms with E-state index in [0.717, 1.165) is 13.1 Å². The Morgan fingerprint density at radius 2 is 1.82 bits per heavy atom. The molecule has 17 heavy (non-hydrogen) atoms. The molecule has 0 aliphatic carbocycles. The first kappa shape index (κ1) is 14.5. The van der Waals surface area contributed by atoms with Gasteiger partial charge in [0, 0.05) is 6.54 Å². The zero-order valence-electron chi connectivity index (χ0n) is 10.9. The summed E-state index contributed by atoms with van der Waals surface area (Å²) < 4.78 is 4.83. The van der Waals surface area contributed by atoms with Crippen LogP contribution in [0.4, 0.5) is 0 Å². The summed E-state index contributed by atoms with van der Waals surface area (Å²) in [4.78, 5) is 13.5. The molecule has 0 saturated carbocycles. The molecule has 1 aliphatic heterocycles. The molecule has 1 saturated heterocycles. The van der Waals surface area contributed by atoms with Gasteiger partial charge in [-0.3, -0.25) is 4.79 Å². The molecule has 1 unspecified atom stereocenters. The highest BCUT2D eigenvalue weighted by molar-refractivity contribution is 5.69. The number of nitrogens with zero attached hydrogens (tertiary/aromatic N) is 1. The van der Waals surface area contributed by atoms with E-state index < -0.39 is 6.10 Å². The molecule has 1 fully saturated rings. The van der Waals surface area contributed by atoms with Crippen molar-refractivity contribution in [3.63, 3.8) is 0 Å². The molecule has 0 aromatic rings. The second-order valence-corrected chi connectivity index (χ2v) is 4.73. The van der Waals surface area contributed by atoms with Crippen LogP contribution in [0.2, 0.25) is 0 Å². The van der Waals surface area contributed by atoms with Crippen LogP contribution in [0.5, 0.6) is 0 Å². The Bertz CT molecular complexity index is 213. The van der Waals surface area contributed by atoms with Gasteiger partial charge < -0.3 is 14.7 Å². The Morgan fingerprint density at radius 3 is 2.41 bits per heavy atom. The fraction of sp³-hybridized carbons (Fsp3) is 0.923. The van der Waals surface area contributed by atoms with Gasteiger partial charge in [0.1, 0.15) is 0 Å². The quantitative estimate of drug-likeness (QED) is 0.745. The van der Waals surface area contributed by atoms with Crippen molar-refractivity contribution in [3.8, 4) is 0 Å². The standard InChI is InChI=1S/C13H25NO3/c1-2-17-13(16)10-12(15)11-14-8-6-4-3-5-7-9-14/h12,15H,2-11H2,1H3. The van der Waals surface area contributed by atoms with Crippen molar-refractivity contribution in [3.05, 3.63) is 0 Å². The van der Waals surface area contributed by atoms with Crippen LogP contribution in [0, 0.1) is 0 Å². The molecule has 1 N–H and O–H groups in total. The summed E-state index contributed by atoms with van der Waals surface area (Å²) in [6.07, 6.45) is 5.82. The van der Waals surface area contributed by atoms with Crippen molar-refractivity contribution in [2.75, 3.05) is 26.2 Å². The third-order valence-corrected chi connectivity index (χ3v) is 3.13. The second-order valence-electron chi connectivity index (χ2n) is 4.73. The van der Waals surface area contributed by atoms with Crippen LogP contribution in [-0.4, -0.2) is 48.3 Å². The molecule has 0 bridgehead atoms. The Balaban J connectivity index is 2.23. The lowest BCUT2D eigenvalue weighted by Crippen LogP contribution is -2.36. The minimum atomic E-state index is -0.589. The number of β-amino-alcohol motifs (C(OH)–C–C–N with tert-alkyl or cyclic N) is 1. The van der Waals surface area contributed by atoms with Crippen LogP contribution in [0.15, 0.2) is 0 Å². The second kappa shape index (κ2) is 8.48. The lowest BCUT2D eigenvalue weighted by atomic mass is 10.1. The number of aliphatic hydroxyl groups excluding tert-OH is 1. The summed E-state index contributed by atoms with van der Waals surface area (Å²) in [7, 11) is 0. The lowest BCUT2D eigenvalue weighted by molar-refractivity contribution is -0.145. The number of likely N-dealkylation sites (tertiary alicyclic amines) is 1. The largest absolute Gasteiger partial charge is 0.466 e. The monoisotopic (exact) mass is 243 g/mol. The van der Waals surface area contributed by atoms with Gasteiger partial charge in [-0.25, -0.2) is 0 Å². The van der Waals surface area contributed by atoms with Gasteiger partial charge in [0.05, 0.1) is 19.1 Å². The van der Waals surface area contributed by atoms with E-state index in [1.165, 1.54) is 32.1 Å². The van der Waals surface area contributed by atoms with Gasteiger partial charge in [0.25, 0.3) is 0 Å². The highest BCUT2D eigenvalue weighted by atomic mass is 16.5. The number of hydrogen-bond acceptors (Lipinski definition) is 4. The van der Waals surface area contributed by atoms with Gasteiger partial charge in [0.2, 0.25) is 0 Å². The highest BCUT2D eigenvalue weighted by Crippen LogP contribution is 2.11. The molecular weight excluding hydrogens is 218 g/mol. The third kappa shape index (κ3) is 6.64. The van der Waals surface area contributed by atoms with E-state index in [2.05, 4.69) is 4.90 Å². The first-order valence-corrected chi connectivity index (χ1v) is 6.78. The van der Waals surface area contributed by atoms with Crippen molar-refractivity contribution in [1.82, 2.24) is 4.90 Å². The smallest absolute Gasteiger partial charge is 0.308 e. The van der Waals surface area contributed by atoms with Gasteiger partial charge >= 0.3 is 5.97 Å². The zero-order chi connectivity index (χ0) is 12.5. The summed E-state index contributed by atoms with van der Waals surface area (Å²) in [5.74, 6) is -0.299. The van der Waals surface area contributed by atoms with Gasteiger partial charge in [0.15, 0.2) is 0 Å². The summed E-state index contributed by atoms with van der Waals surface area (Å²) in [6, 6.07) is 0. The highest BCUT2D eigenvalue weighted by Gasteiger charge is 2.16. The molecule has 4 heteroatoms. The van der Waals surface area contributed by atoms with Crippen LogP contribution in [0.1, 0.15) is 45.4 Å². The Morgan fingerprint density at radius 1 is 1.24 bits per heavy atom. The van der Waals surface area contributed by atoms with E-state index in [1.807, 2.05) is 0 Å². The molecule has 0 aromatic heterocycles. The lowest BCUT2D eigenvalue weighted by Gasteiger charge is -2.26. The maximum Gasteiger partial charge on any atom is 0.308 e. The van der Waals surface area contributed by atoms with Gasteiger partial charge in [-0.1, -0.05) is 19.3 Å². The average molecular weight is 243 g/mol.